The van der Waals surface area contributed by atoms with Crippen molar-refractivity contribution in [1.82, 2.24) is 4.90 Å². The summed E-state index contributed by atoms with van der Waals surface area (Å²) < 4.78 is 0. The number of carbonyl (C=O) groups excluding carboxylic acids is 1. The molecule has 0 bridgehead atoms. The summed E-state index contributed by atoms with van der Waals surface area (Å²) in [6.07, 6.45) is 2.85. The smallest absolute Gasteiger partial charge is 0.236 e. The van der Waals surface area contributed by atoms with Gasteiger partial charge in [-0.05, 0) is 31.6 Å². The summed E-state index contributed by atoms with van der Waals surface area (Å²) in [6.45, 7) is 6.30. The van der Waals surface area contributed by atoms with E-state index in [2.05, 4.69) is 5.16 Å². The maximum atomic E-state index is 12.9. The Morgan fingerprint density at radius 3 is 2.35 bits per heavy atom. The topological polar surface area (TPSA) is 99.2 Å². The van der Waals surface area contributed by atoms with Crippen molar-refractivity contribution < 1.29 is 15.1 Å². The number of aliphatic hydroxyl groups excluding tert-OH is 1. The molecule has 0 atom stereocenters. The van der Waals surface area contributed by atoms with Crippen molar-refractivity contribution in [3.8, 4) is 0 Å². The molecule has 0 aromatic rings. The number of hydrogen-bond acceptors (Lipinski definition) is 4. The lowest BCUT2D eigenvalue weighted by Crippen LogP contribution is -2.59. The van der Waals surface area contributed by atoms with Crippen molar-refractivity contribution in [2.24, 2.45) is 22.2 Å². The largest absolute Gasteiger partial charge is 0.409 e. The van der Waals surface area contributed by atoms with E-state index in [9.17, 15) is 9.90 Å². The fourth-order valence-electron chi connectivity index (χ4n) is 3.28. The summed E-state index contributed by atoms with van der Waals surface area (Å²) in [5, 5.41) is 21.3. The van der Waals surface area contributed by atoms with Gasteiger partial charge in [0.2, 0.25) is 5.91 Å². The molecular weight excluding hydrogens is 258 g/mol. The number of rotatable bonds is 7. The Bertz CT molecular complexity index is 361. The fourth-order valence-corrected chi connectivity index (χ4v) is 3.28. The number of nitrogens with zero attached hydrogens (tertiary/aromatic N) is 2. The first kappa shape index (κ1) is 16.8. The van der Waals surface area contributed by atoms with Gasteiger partial charge in [0, 0.05) is 12.6 Å². The lowest BCUT2D eigenvalue weighted by Gasteiger charge is -2.47. The molecule has 6 nitrogen and oxygen atoms in total. The van der Waals surface area contributed by atoms with Crippen LogP contribution in [0.3, 0.4) is 0 Å². The van der Waals surface area contributed by atoms with Crippen molar-refractivity contribution in [2.75, 3.05) is 13.2 Å². The van der Waals surface area contributed by atoms with Crippen LogP contribution in [0.15, 0.2) is 5.16 Å². The molecule has 6 heteroatoms. The molecule has 0 unspecified atom stereocenters. The second kappa shape index (κ2) is 6.92. The van der Waals surface area contributed by atoms with Gasteiger partial charge in [-0.15, -0.1) is 0 Å². The Labute approximate surface area is 120 Å². The number of amides is 1. The number of nitrogens with two attached hydrogens (primary N) is 1. The molecule has 1 aliphatic carbocycles. The van der Waals surface area contributed by atoms with Gasteiger partial charge < -0.3 is 20.9 Å². The SMILES string of the molecule is CCC(CC)N(CCO)C(=O)C1(C(N)=NO)CC(C)C1. The van der Waals surface area contributed by atoms with E-state index in [4.69, 9.17) is 10.9 Å². The molecule has 116 valence electrons. The van der Waals surface area contributed by atoms with Gasteiger partial charge in [0.15, 0.2) is 5.84 Å². The Hall–Kier alpha value is -1.30. The zero-order chi connectivity index (χ0) is 15.3. The average molecular weight is 285 g/mol. The van der Waals surface area contributed by atoms with Crippen LogP contribution in [0.2, 0.25) is 0 Å². The minimum absolute atomic E-state index is 0.00510. The average Bonchev–Trinajstić information content (AvgIpc) is 2.42. The zero-order valence-electron chi connectivity index (χ0n) is 12.7. The minimum Gasteiger partial charge on any atom is -0.409 e. The molecule has 1 saturated carbocycles. The molecule has 1 amide bonds. The minimum atomic E-state index is -0.883. The van der Waals surface area contributed by atoms with Crippen molar-refractivity contribution in [3.63, 3.8) is 0 Å². The normalized spacial score (nSPS) is 26.4. The highest BCUT2D eigenvalue weighted by molar-refractivity contribution is 6.07. The van der Waals surface area contributed by atoms with E-state index in [0.29, 0.717) is 25.3 Å². The highest BCUT2D eigenvalue weighted by Crippen LogP contribution is 2.47. The number of hydrogen-bond donors (Lipinski definition) is 3. The van der Waals surface area contributed by atoms with E-state index in [0.717, 1.165) is 12.8 Å². The monoisotopic (exact) mass is 285 g/mol. The second-order valence-electron chi connectivity index (χ2n) is 5.77. The van der Waals surface area contributed by atoms with Gasteiger partial charge in [0.25, 0.3) is 0 Å². The number of oxime groups is 1. The first-order valence-electron chi connectivity index (χ1n) is 7.36. The van der Waals surface area contributed by atoms with Gasteiger partial charge in [-0.25, -0.2) is 0 Å². The van der Waals surface area contributed by atoms with Gasteiger partial charge in [-0.1, -0.05) is 25.9 Å². The van der Waals surface area contributed by atoms with Crippen LogP contribution in [-0.4, -0.2) is 46.1 Å². The molecule has 4 N–H and O–H groups in total. The molecule has 1 rings (SSSR count). The molecular formula is C14H27N3O3. The molecule has 1 fully saturated rings. The predicted molar refractivity (Wildman–Crippen MR) is 77.4 cm³/mol. The maximum absolute atomic E-state index is 12.9. The molecule has 0 spiro atoms. The molecule has 0 aromatic heterocycles. The molecule has 0 radical (unpaired) electrons. The Morgan fingerprint density at radius 2 is 2.00 bits per heavy atom. The molecule has 0 aromatic carbocycles. The van der Waals surface area contributed by atoms with E-state index >= 15 is 0 Å². The first-order chi connectivity index (χ1) is 9.46. The van der Waals surface area contributed by atoms with Crippen molar-refractivity contribution in [2.45, 2.75) is 52.5 Å². The van der Waals surface area contributed by atoms with E-state index < -0.39 is 5.41 Å². The van der Waals surface area contributed by atoms with Gasteiger partial charge >= 0.3 is 0 Å². The lowest BCUT2D eigenvalue weighted by molar-refractivity contribution is -0.147. The molecule has 0 aliphatic heterocycles. The Morgan fingerprint density at radius 1 is 1.45 bits per heavy atom. The maximum Gasteiger partial charge on any atom is 0.236 e. The van der Waals surface area contributed by atoms with Gasteiger partial charge in [0.1, 0.15) is 5.41 Å². The van der Waals surface area contributed by atoms with Gasteiger partial charge in [0.05, 0.1) is 6.61 Å². The third kappa shape index (κ3) is 2.90. The van der Waals surface area contributed by atoms with Crippen LogP contribution < -0.4 is 5.73 Å². The summed E-state index contributed by atoms with van der Waals surface area (Å²) in [5.41, 5.74) is 4.90. The summed E-state index contributed by atoms with van der Waals surface area (Å²) in [7, 11) is 0. The molecule has 20 heavy (non-hydrogen) atoms. The lowest BCUT2D eigenvalue weighted by atomic mass is 9.61. The van der Waals surface area contributed by atoms with Crippen LogP contribution >= 0.6 is 0 Å². The van der Waals surface area contributed by atoms with Crippen LogP contribution in [0.25, 0.3) is 0 Å². The molecule has 1 aliphatic rings. The predicted octanol–water partition coefficient (Wildman–Crippen LogP) is 1.16. The van der Waals surface area contributed by atoms with Crippen LogP contribution in [0.5, 0.6) is 0 Å². The number of carbonyl (C=O) groups is 1. The van der Waals surface area contributed by atoms with Crippen LogP contribution in [0, 0.1) is 11.3 Å². The molecule has 0 heterocycles. The van der Waals surface area contributed by atoms with E-state index in [-0.39, 0.29) is 24.4 Å². The summed E-state index contributed by atoms with van der Waals surface area (Å²) in [5.74, 6) is 0.264. The van der Waals surface area contributed by atoms with Crippen molar-refractivity contribution >= 4 is 11.7 Å². The summed E-state index contributed by atoms with van der Waals surface area (Å²) in [4.78, 5) is 14.6. The molecule has 0 saturated heterocycles. The van der Waals surface area contributed by atoms with Crippen molar-refractivity contribution in [3.05, 3.63) is 0 Å². The highest BCUT2D eigenvalue weighted by Gasteiger charge is 2.54. The van der Waals surface area contributed by atoms with Crippen LogP contribution in [0.1, 0.15) is 46.5 Å². The van der Waals surface area contributed by atoms with Crippen LogP contribution in [0.4, 0.5) is 0 Å². The quantitative estimate of drug-likeness (QED) is 0.283. The van der Waals surface area contributed by atoms with E-state index in [1.54, 1.807) is 4.90 Å². The number of amidine groups is 1. The van der Waals surface area contributed by atoms with Crippen molar-refractivity contribution in [1.29, 1.82) is 0 Å². The third-order valence-electron chi connectivity index (χ3n) is 4.39. The van der Waals surface area contributed by atoms with E-state index in [1.807, 2.05) is 20.8 Å². The van der Waals surface area contributed by atoms with E-state index in [1.165, 1.54) is 0 Å². The summed E-state index contributed by atoms with van der Waals surface area (Å²) >= 11 is 0. The standard InChI is InChI=1S/C14H27N3O3/c1-4-11(5-2)17(6-7-18)13(19)14(12(15)16-20)8-10(3)9-14/h10-11,18,20H,4-9H2,1-3H3,(H2,15,16). The highest BCUT2D eigenvalue weighted by atomic mass is 16.4. The Kier molecular flexibility index (Phi) is 5.80. The van der Waals surface area contributed by atoms with Gasteiger partial charge in [-0.2, -0.15) is 0 Å². The second-order valence-corrected chi connectivity index (χ2v) is 5.77. The zero-order valence-corrected chi connectivity index (χ0v) is 12.7. The number of aliphatic hydroxyl groups is 1. The van der Waals surface area contributed by atoms with Crippen LogP contribution in [-0.2, 0) is 4.79 Å². The summed E-state index contributed by atoms with van der Waals surface area (Å²) in [6, 6.07) is 0.0777. The fraction of sp³-hybridized carbons (Fsp3) is 0.857. The first-order valence-corrected chi connectivity index (χ1v) is 7.36. The third-order valence-corrected chi connectivity index (χ3v) is 4.39. The Balaban J connectivity index is 3.02. The van der Waals surface area contributed by atoms with Gasteiger partial charge in [-0.3, -0.25) is 4.79 Å².